The first kappa shape index (κ1) is 26.7. The summed E-state index contributed by atoms with van der Waals surface area (Å²) in [6.45, 7) is 4.28. The molecule has 2 aromatic heterocycles. The first-order valence-electron chi connectivity index (χ1n) is 11.8. The van der Waals surface area contributed by atoms with Crippen LogP contribution in [0.1, 0.15) is 35.9 Å². The normalized spacial score (nSPS) is 12.7. The third kappa shape index (κ3) is 6.31. The minimum absolute atomic E-state index is 0.271. The van der Waals surface area contributed by atoms with E-state index in [0.717, 1.165) is 33.5 Å². The number of carboxylic acid groups (broad SMARTS) is 1. The second-order valence-electron chi connectivity index (χ2n) is 8.42. The van der Waals surface area contributed by atoms with Crippen LogP contribution in [0.3, 0.4) is 0 Å². The number of ether oxygens (including phenoxy) is 2. The molecule has 2 aromatic carbocycles. The Hall–Kier alpha value is -3.37. The van der Waals surface area contributed by atoms with E-state index < -0.39 is 23.8 Å². The Bertz CT molecular complexity index is 1360. The fourth-order valence-corrected chi connectivity index (χ4v) is 4.94. The molecule has 0 saturated carbocycles. The molecule has 10 heteroatoms. The van der Waals surface area contributed by atoms with Gasteiger partial charge in [0.25, 0.3) is 0 Å². The zero-order chi connectivity index (χ0) is 26.6. The number of halogens is 3. The van der Waals surface area contributed by atoms with Crippen molar-refractivity contribution in [3.8, 4) is 17.2 Å². The average Bonchev–Trinajstić information content (AvgIpc) is 3.49. The number of aromatic nitrogens is 1. The van der Waals surface area contributed by atoms with Crippen LogP contribution in [-0.2, 0) is 28.5 Å². The van der Waals surface area contributed by atoms with Gasteiger partial charge in [0.1, 0.15) is 11.5 Å². The van der Waals surface area contributed by atoms with E-state index in [2.05, 4.69) is 4.98 Å². The highest BCUT2D eigenvalue weighted by atomic mass is 32.1. The fraction of sp³-hybridized carbons (Fsp3) is 0.333. The summed E-state index contributed by atoms with van der Waals surface area (Å²) < 4.78 is 56.4. The number of alkyl halides is 3. The lowest BCUT2D eigenvalue weighted by atomic mass is 10.1. The van der Waals surface area contributed by atoms with Gasteiger partial charge in [0.05, 0.1) is 17.9 Å². The number of aliphatic carboxylic acids is 1. The molecule has 0 fully saturated rings. The minimum atomic E-state index is -4.39. The molecule has 1 N–H and O–H groups in total. The zero-order valence-corrected chi connectivity index (χ0v) is 21.1. The average molecular weight is 534 g/mol. The molecule has 0 spiro atoms. The van der Waals surface area contributed by atoms with Gasteiger partial charge in [0, 0.05) is 28.7 Å². The lowest BCUT2D eigenvalue weighted by Crippen LogP contribution is -2.26. The Morgan fingerprint density at radius 1 is 1.16 bits per heavy atom. The van der Waals surface area contributed by atoms with Gasteiger partial charge >= 0.3 is 12.1 Å². The molecule has 1 unspecified atom stereocenters. The summed E-state index contributed by atoms with van der Waals surface area (Å²) in [6.07, 6.45) is -3.79. The SMILES string of the molecule is CCOC(Cc1ccc(OCCCc2nc(-c3ccc(C(F)(F)F)cc3)oc2C)c2ccsc12)C(=O)O. The predicted molar refractivity (Wildman–Crippen MR) is 134 cm³/mol. The van der Waals surface area contributed by atoms with Crippen molar-refractivity contribution in [2.45, 2.75) is 45.4 Å². The molecule has 0 aliphatic heterocycles. The Morgan fingerprint density at radius 3 is 2.59 bits per heavy atom. The maximum Gasteiger partial charge on any atom is 0.416 e. The van der Waals surface area contributed by atoms with E-state index >= 15 is 0 Å². The number of hydrogen-bond acceptors (Lipinski definition) is 6. The molecular formula is C27H26F3NO5S. The van der Waals surface area contributed by atoms with Gasteiger partial charge in [-0.15, -0.1) is 11.3 Å². The third-order valence-corrected chi connectivity index (χ3v) is 6.86. The van der Waals surface area contributed by atoms with Crippen LogP contribution in [0.5, 0.6) is 5.75 Å². The van der Waals surface area contributed by atoms with Gasteiger partial charge in [-0.25, -0.2) is 9.78 Å². The molecule has 0 aliphatic rings. The Balaban J connectivity index is 1.37. The van der Waals surface area contributed by atoms with Crippen LogP contribution in [0.15, 0.2) is 52.3 Å². The van der Waals surface area contributed by atoms with E-state index in [4.69, 9.17) is 13.9 Å². The summed E-state index contributed by atoms with van der Waals surface area (Å²) in [5, 5.41) is 12.3. The zero-order valence-electron chi connectivity index (χ0n) is 20.3. The number of thiophene rings is 1. The van der Waals surface area contributed by atoms with Gasteiger partial charge in [0.2, 0.25) is 5.89 Å². The molecule has 2 heterocycles. The number of oxazole rings is 1. The molecule has 1 atom stereocenters. The molecular weight excluding hydrogens is 507 g/mol. The van der Waals surface area contributed by atoms with Gasteiger partial charge in [-0.05, 0) is 74.0 Å². The monoisotopic (exact) mass is 533 g/mol. The lowest BCUT2D eigenvalue weighted by molar-refractivity contribution is -0.150. The van der Waals surface area contributed by atoms with Crippen LogP contribution in [0.4, 0.5) is 13.2 Å². The first-order chi connectivity index (χ1) is 17.7. The van der Waals surface area contributed by atoms with Crippen molar-refractivity contribution in [1.82, 2.24) is 4.98 Å². The van der Waals surface area contributed by atoms with Crippen LogP contribution in [0.25, 0.3) is 21.5 Å². The molecule has 4 rings (SSSR count). The van der Waals surface area contributed by atoms with Crippen LogP contribution < -0.4 is 4.74 Å². The molecule has 37 heavy (non-hydrogen) atoms. The lowest BCUT2D eigenvalue weighted by Gasteiger charge is -2.14. The van der Waals surface area contributed by atoms with Crippen molar-refractivity contribution >= 4 is 27.4 Å². The summed E-state index contributed by atoms with van der Waals surface area (Å²) in [5.74, 6) is 0.619. The van der Waals surface area contributed by atoms with Crippen LogP contribution in [-0.4, -0.2) is 35.4 Å². The Kier molecular flexibility index (Phi) is 8.19. The molecule has 0 bridgehead atoms. The fourth-order valence-electron chi connectivity index (χ4n) is 4.01. The quantitative estimate of drug-likeness (QED) is 0.211. The second kappa shape index (κ2) is 11.4. The van der Waals surface area contributed by atoms with E-state index in [9.17, 15) is 23.1 Å². The van der Waals surface area contributed by atoms with Crippen molar-refractivity contribution in [2.24, 2.45) is 0 Å². The van der Waals surface area contributed by atoms with E-state index in [1.165, 1.54) is 23.5 Å². The second-order valence-corrected chi connectivity index (χ2v) is 9.34. The molecule has 0 aliphatic carbocycles. The maximum absolute atomic E-state index is 12.8. The molecule has 0 radical (unpaired) electrons. The molecule has 0 amide bonds. The summed E-state index contributed by atoms with van der Waals surface area (Å²) in [7, 11) is 0. The number of fused-ring (bicyclic) bond motifs is 1. The van der Waals surface area contributed by atoms with Crippen LogP contribution in [0.2, 0.25) is 0 Å². The number of carboxylic acids is 1. The molecule has 0 saturated heterocycles. The smallest absolute Gasteiger partial charge is 0.416 e. The predicted octanol–water partition coefficient (Wildman–Crippen LogP) is 6.93. The number of hydrogen-bond donors (Lipinski definition) is 1. The van der Waals surface area contributed by atoms with Gasteiger partial charge < -0.3 is 19.0 Å². The summed E-state index contributed by atoms with van der Waals surface area (Å²) in [5.41, 5.74) is 1.38. The van der Waals surface area contributed by atoms with Crippen molar-refractivity contribution < 1.29 is 37.0 Å². The van der Waals surface area contributed by atoms with Crippen molar-refractivity contribution in [3.63, 3.8) is 0 Å². The highest BCUT2D eigenvalue weighted by Gasteiger charge is 2.30. The number of rotatable bonds is 11. The number of carbonyl (C=O) groups is 1. The molecule has 6 nitrogen and oxygen atoms in total. The van der Waals surface area contributed by atoms with Gasteiger partial charge in [0.15, 0.2) is 6.10 Å². The van der Waals surface area contributed by atoms with Crippen molar-refractivity contribution in [1.29, 1.82) is 0 Å². The topological polar surface area (TPSA) is 81.8 Å². The molecule has 196 valence electrons. The van der Waals surface area contributed by atoms with E-state index in [0.29, 0.717) is 43.1 Å². The third-order valence-electron chi connectivity index (χ3n) is 5.87. The number of nitrogens with zero attached hydrogens (tertiary/aromatic N) is 1. The van der Waals surface area contributed by atoms with Gasteiger partial charge in [-0.3, -0.25) is 0 Å². The number of benzene rings is 2. The van der Waals surface area contributed by atoms with Crippen molar-refractivity contribution in [2.75, 3.05) is 13.2 Å². The van der Waals surface area contributed by atoms with E-state index in [1.807, 2.05) is 23.6 Å². The summed E-state index contributed by atoms with van der Waals surface area (Å²) in [4.78, 5) is 15.9. The van der Waals surface area contributed by atoms with Gasteiger partial charge in [-0.1, -0.05) is 6.07 Å². The number of aryl methyl sites for hydroxylation is 2. The van der Waals surface area contributed by atoms with Crippen LogP contribution in [0, 0.1) is 6.92 Å². The highest BCUT2D eigenvalue weighted by molar-refractivity contribution is 7.17. The highest BCUT2D eigenvalue weighted by Crippen LogP contribution is 2.34. The first-order valence-corrected chi connectivity index (χ1v) is 12.7. The summed E-state index contributed by atoms with van der Waals surface area (Å²) in [6, 6.07) is 10.4. The van der Waals surface area contributed by atoms with Crippen LogP contribution >= 0.6 is 11.3 Å². The standard InChI is InChI=1S/C27H26F3NO5S/c1-3-34-23(26(32)33)15-18-8-11-22(20-12-14-37-24(18)20)35-13-4-5-21-16(2)36-25(31-21)17-6-9-19(10-7-17)27(28,29)30/h6-12,14,23H,3-5,13,15H2,1-2H3,(H,32,33). The minimum Gasteiger partial charge on any atom is -0.493 e. The maximum atomic E-state index is 12.8. The summed E-state index contributed by atoms with van der Waals surface area (Å²) >= 11 is 1.53. The Morgan fingerprint density at radius 2 is 1.92 bits per heavy atom. The molecule has 4 aromatic rings. The largest absolute Gasteiger partial charge is 0.493 e. The Labute approximate surface area is 215 Å². The van der Waals surface area contributed by atoms with E-state index in [-0.39, 0.29) is 12.3 Å². The van der Waals surface area contributed by atoms with Gasteiger partial charge in [-0.2, -0.15) is 13.2 Å². The van der Waals surface area contributed by atoms with Crippen molar-refractivity contribution in [3.05, 3.63) is 70.4 Å². The van der Waals surface area contributed by atoms with E-state index in [1.54, 1.807) is 13.8 Å².